The molecule has 0 spiro atoms. The van der Waals surface area contributed by atoms with Crippen LogP contribution < -0.4 is 5.32 Å². The highest BCUT2D eigenvalue weighted by Crippen LogP contribution is 2.22. The molecule has 1 aliphatic rings. The number of nitriles is 1. The van der Waals surface area contributed by atoms with Crippen molar-refractivity contribution in [3.05, 3.63) is 34.2 Å². The van der Waals surface area contributed by atoms with Gasteiger partial charge in [0.25, 0.3) is 0 Å². The summed E-state index contributed by atoms with van der Waals surface area (Å²) < 4.78 is 2.22. The van der Waals surface area contributed by atoms with Crippen molar-refractivity contribution in [1.82, 2.24) is 14.5 Å². The Labute approximate surface area is 133 Å². The molecule has 0 saturated heterocycles. The topological polar surface area (TPSA) is 74.0 Å². The minimum atomic E-state index is -0.0904. The first kappa shape index (κ1) is 14.8. The lowest BCUT2D eigenvalue weighted by atomic mass is 10.3. The van der Waals surface area contributed by atoms with E-state index in [9.17, 15) is 4.79 Å². The average molecular weight is 315 g/mol. The molecule has 0 radical (unpaired) electrons. The van der Waals surface area contributed by atoms with Crippen molar-refractivity contribution < 1.29 is 4.79 Å². The Balaban J connectivity index is 1.63. The molecular formula is C15H17N5OS. The zero-order valence-electron chi connectivity index (χ0n) is 12.6. The molecule has 0 aromatic carbocycles. The molecule has 7 heteroatoms. The number of thiophene rings is 1. The second kappa shape index (κ2) is 5.91. The van der Waals surface area contributed by atoms with Crippen molar-refractivity contribution in [2.24, 2.45) is 0 Å². The van der Waals surface area contributed by atoms with E-state index in [0.29, 0.717) is 23.7 Å². The Morgan fingerprint density at radius 3 is 3.09 bits per heavy atom. The van der Waals surface area contributed by atoms with Gasteiger partial charge in [0.2, 0.25) is 5.91 Å². The van der Waals surface area contributed by atoms with Crippen LogP contribution in [0.25, 0.3) is 0 Å². The number of aryl methyl sites for hydroxylation is 1. The molecule has 0 atom stereocenters. The Morgan fingerprint density at radius 1 is 1.50 bits per heavy atom. The van der Waals surface area contributed by atoms with Crippen molar-refractivity contribution in [2.75, 3.05) is 18.4 Å². The summed E-state index contributed by atoms with van der Waals surface area (Å²) in [5.41, 5.74) is 2.77. The fourth-order valence-corrected chi connectivity index (χ4v) is 3.41. The largest absolute Gasteiger partial charge is 0.330 e. The first-order valence-corrected chi connectivity index (χ1v) is 7.99. The fraction of sp³-hybridized carbons (Fsp3) is 0.400. The van der Waals surface area contributed by atoms with Gasteiger partial charge >= 0.3 is 0 Å². The number of hydrogen-bond donors (Lipinski definition) is 1. The van der Waals surface area contributed by atoms with E-state index in [-0.39, 0.29) is 5.91 Å². The monoisotopic (exact) mass is 315 g/mol. The zero-order chi connectivity index (χ0) is 15.7. The van der Waals surface area contributed by atoms with Crippen LogP contribution in [0.5, 0.6) is 0 Å². The van der Waals surface area contributed by atoms with Crippen LogP contribution in [0.3, 0.4) is 0 Å². The van der Waals surface area contributed by atoms with Crippen molar-refractivity contribution in [2.45, 2.75) is 26.9 Å². The lowest BCUT2D eigenvalue weighted by Gasteiger charge is -2.27. The van der Waals surface area contributed by atoms with Gasteiger partial charge < -0.3 is 9.88 Å². The molecule has 1 aliphatic heterocycles. The number of nitrogens with one attached hydrogen (secondary N) is 1. The zero-order valence-corrected chi connectivity index (χ0v) is 13.4. The molecule has 1 amide bonds. The number of carbonyl (C=O) groups excluding carboxylic acids is 1. The van der Waals surface area contributed by atoms with Crippen LogP contribution in [-0.4, -0.2) is 33.4 Å². The molecule has 0 aliphatic carbocycles. The number of nitrogens with zero attached hydrogens (tertiary/aromatic N) is 4. The first-order valence-electron chi connectivity index (χ1n) is 7.11. The molecule has 0 saturated carbocycles. The lowest BCUT2D eigenvalue weighted by Crippen LogP contribution is -2.39. The summed E-state index contributed by atoms with van der Waals surface area (Å²) in [5.74, 6) is 0.926. The van der Waals surface area contributed by atoms with E-state index >= 15 is 0 Å². The fourth-order valence-electron chi connectivity index (χ4n) is 2.66. The number of hydrogen-bond acceptors (Lipinski definition) is 5. The Hall–Kier alpha value is -2.17. The normalized spacial score (nSPS) is 14.4. The van der Waals surface area contributed by atoms with Gasteiger partial charge in [-0.05, 0) is 25.3 Å². The van der Waals surface area contributed by atoms with Gasteiger partial charge in [0, 0.05) is 18.8 Å². The minimum absolute atomic E-state index is 0.0904. The number of imidazole rings is 1. The number of rotatable bonds is 3. The van der Waals surface area contributed by atoms with Gasteiger partial charge in [0.15, 0.2) is 0 Å². The van der Waals surface area contributed by atoms with Crippen molar-refractivity contribution >= 4 is 22.2 Å². The molecular weight excluding hydrogens is 298 g/mol. The molecule has 3 heterocycles. The maximum atomic E-state index is 12.1. The summed E-state index contributed by atoms with van der Waals surface area (Å²) in [5, 5.41) is 14.2. The number of anilines is 1. The maximum Gasteiger partial charge on any atom is 0.239 e. The van der Waals surface area contributed by atoms with Crippen LogP contribution in [0.15, 0.2) is 11.4 Å². The van der Waals surface area contributed by atoms with E-state index in [4.69, 9.17) is 5.26 Å². The van der Waals surface area contributed by atoms with Gasteiger partial charge in [0.1, 0.15) is 16.9 Å². The van der Waals surface area contributed by atoms with Crippen molar-refractivity contribution in [3.8, 4) is 6.07 Å². The quantitative estimate of drug-likeness (QED) is 0.938. The SMILES string of the molecule is Cc1nc2n(c1C)CCN(CC(=O)Nc1sccc1C#N)C2. The Kier molecular flexibility index (Phi) is 3.96. The number of aromatic nitrogens is 2. The number of carbonyl (C=O) groups is 1. The molecule has 2 aromatic heterocycles. The van der Waals surface area contributed by atoms with E-state index < -0.39 is 0 Å². The van der Waals surface area contributed by atoms with E-state index in [1.165, 1.54) is 17.0 Å². The van der Waals surface area contributed by atoms with Crippen LogP contribution in [-0.2, 0) is 17.9 Å². The van der Waals surface area contributed by atoms with E-state index in [0.717, 1.165) is 24.6 Å². The highest BCUT2D eigenvalue weighted by molar-refractivity contribution is 7.14. The van der Waals surface area contributed by atoms with Crippen LogP contribution >= 0.6 is 11.3 Å². The predicted octanol–water partition coefficient (Wildman–Crippen LogP) is 1.89. The van der Waals surface area contributed by atoms with Gasteiger partial charge in [-0.2, -0.15) is 5.26 Å². The van der Waals surface area contributed by atoms with Crippen LogP contribution in [0.2, 0.25) is 0 Å². The van der Waals surface area contributed by atoms with Crippen molar-refractivity contribution in [3.63, 3.8) is 0 Å². The third-order valence-corrected chi connectivity index (χ3v) is 4.78. The van der Waals surface area contributed by atoms with Gasteiger partial charge in [-0.3, -0.25) is 9.69 Å². The van der Waals surface area contributed by atoms with E-state index in [1.54, 1.807) is 11.4 Å². The second-order valence-electron chi connectivity index (χ2n) is 5.38. The molecule has 1 N–H and O–H groups in total. The van der Waals surface area contributed by atoms with E-state index in [1.807, 2.05) is 6.92 Å². The van der Waals surface area contributed by atoms with Gasteiger partial charge in [-0.25, -0.2) is 4.98 Å². The molecule has 0 fully saturated rings. The number of fused-ring (bicyclic) bond motifs is 1. The molecule has 0 bridgehead atoms. The average Bonchev–Trinajstić information content (AvgIpc) is 3.04. The third kappa shape index (κ3) is 2.75. The summed E-state index contributed by atoms with van der Waals surface area (Å²) in [4.78, 5) is 18.8. The summed E-state index contributed by atoms with van der Waals surface area (Å²) in [6, 6.07) is 3.79. The predicted molar refractivity (Wildman–Crippen MR) is 84.6 cm³/mol. The van der Waals surface area contributed by atoms with Gasteiger partial charge in [0.05, 0.1) is 24.3 Å². The minimum Gasteiger partial charge on any atom is -0.330 e. The second-order valence-corrected chi connectivity index (χ2v) is 6.30. The third-order valence-electron chi connectivity index (χ3n) is 3.95. The van der Waals surface area contributed by atoms with E-state index in [2.05, 4.69) is 32.8 Å². The van der Waals surface area contributed by atoms with Crippen LogP contribution in [0.4, 0.5) is 5.00 Å². The summed E-state index contributed by atoms with van der Waals surface area (Å²) in [6.07, 6.45) is 0. The molecule has 2 aromatic rings. The number of amides is 1. The molecule has 22 heavy (non-hydrogen) atoms. The first-order chi connectivity index (χ1) is 10.6. The lowest BCUT2D eigenvalue weighted by molar-refractivity contribution is -0.117. The maximum absolute atomic E-state index is 12.1. The molecule has 6 nitrogen and oxygen atoms in total. The molecule has 0 unspecified atom stereocenters. The molecule has 3 rings (SSSR count). The molecule has 114 valence electrons. The van der Waals surface area contributed by atoms with Gasteiger partial charge in [-0.1, -0.05) is 0 Å². The summed E-state index contributed by atoms with van der Waals surface area (Å²) in [7, 11) is 0. The Morgan fingerprint density at radius 2 is 2.32 bits per heavy atom. The van der Waals surface area contributed by atoms with Crippen molar-refractivity contribution in [1.29, 1.82) is 5.26 Å². The van der Waals surface area contributed by atoms with Gasteiger partial charge in [-0.15, -0.1) is 11.3 Å². The Bertz CT molecular complexity index is 755. The highest BCUT2D eigenvalue weighted by atomic mass is 32.1. The van der Waals surface area contributed by atoms with Crippen LogP contribution in [0.1, 0.15) is 22.8 Å². The summed E-state index contributed by atoms with van der Waals surface area (Å²) >= 11 is 1.37. The smallest absolute Gasteiger partial charge is 0.239 e. The standard InChI is InChI=1S/C15H17N5OS/c1-10-11(2)20-5-4-19(8-13(20)17-10)9-14(21)18-15-12(7-16)3-6-22-15/h3,6H,4-5,8-9H2,1-2H3,(H,18,21). The highest BCUT2D eigenvalue weighted by Gasteiger charge is 2.22. The summed E-state index contributed by atoms with van der Waals surface area (Å²) in [6.45, 7) is 6.77. The van der Waals surface area contributed by atoms with Crippen LogP contribution in [0, 0.1) is 25.2 Å².